The smallest absolute Gasteiger partial charge is 0.419 e. The van der Waals surface area contributed by atoms with Crippen LogP contribution in [0.4, 0.5) is 114 Å². The molecule has 0 saturated carbocycles. The Labute approximate surface area is 793 Å². The summed E-state index contributed by atoms with van der Waals surface area (Å²) in [6.07, 6.45) is -18.5. The molecule has 0 aliphatic rings. The lowest BCUT2D eigenvalue weighted by molar-refractivity contribution is -0.144. The topological polar surface area (TPSA) is 267 Å². The molecule has 0 bridgehead atoms. The van der Waals surface area contributed by atoms with Gasteiger partial charge in [-0.2, -0.15) is 65.9 Å². The highest BCUT2D eigenvalue weighted by Crippen LogP contribution is 2.46. The first kappa shape index (κ1) is 105. The number of nitrogens with one attached hydrogen (secondary N) is 6. The van der Waals surface area contributed by atoms with Crippen molar-refractivity contribution in [3.63, 3.8) is 0 Å². The quantitative estimate of drug-likeness (QED) is 0.0167. The van der Waals surface area contributed by atoms with Gasteiger partial charge in [0, 0.05) is 111 Å². The molecule has 6 N–H and O–H groups in total. The number of anilines is 3. The summed E-state index contributed by atoms with van der Waals surface area (Å²) >= 11 is 12.6. The van der Waals surface area contributed by atoms with Gasteiger partial charge in [-0.05, 0) is 120 Å². The minimum absolute atomic E-state index is 0.0265. The van der Waals surface area contributed by atoms with Gasteiger partial charge in [-0.25, -0.2) is 45.1 Å². The minimum Gasteiger partial charge on any atom is -0.467 e. The van der Waals surface area contributed by atoms with Crippen LogP contribution in [0.5, 0.6) is 0 Å². The summed E-state index contributed by atoms with van der Waals surface area (Å²) < 4.78 is 322. The highest BCUT2D eigenvalue weighted by atomic mass is 35.5. The van der Waals surface area contributed by atoms with Gasteiger partial charge < -0.3 is 46.1 Å². The number of hydrogen-bond acceptors (Lipinski definition) is 17. The van der Waals surface area contributed by atoms with Gasteiger partial charge in [-0.3, -0.25) is 39.3 Å². The van der Waals surface area contributed by atoms with Gasteiger partial charge in [0.2, 0.25) is 0 Å². The molecule has 0 aliphatic carbocycles. The van der Waals surface area contributed by atoms with Gasteiger partial charge in [0.25, 0.3) is 17.7 Å². The maximum absolute atomic E-state index is 15.2. The number of fused-ring (bicyclic) bond motifs is 4. The van der Waals surface area contributed by atoms with Crippen molar-refractivity contribution in [2.45, 2.75) is 107 Å². The number of hydrogen-bond donors (Lipinski definition) is 6. The summed E-state index contributed by atoms with van der Waals surface area (Å²) in [4.78, 5) is 98.2. The standard InChI is InChI=1S/C34H23Cl2F6N3O3.C34H26F8N4O3.C29H22F8N4O3/c1-48-33(47)27(12-18-9-10-22(30-21(18)8-5-11-43-30)28-23(35)13-19(37)14-24(28)36)45-32(46)29-25(38)15-20(16-26(29)39)44-31(34(40,41)42)17-6-3-2-4-7-17;1-3-26(33(37,38)39)45-19-14-23(35)27(24(36)15-19)31(47)46-25(32(48)49-2)13-17-10-11-22(29-21(17)9-6-12-43-29)30-28(34(40,41)42)20-8-5-4-7-18(20)16-44-30;1-14(28(32,33)34)40-16-12-20(30)23(21(31)13-16)26(42)41-22(27(43)44-2)11-15-7-8-18(24-17(15)5-3-9-38-24)25-19(29(35,36)37)6-4-10-39-25/h2-11,13-16,27,31,44H,12H2,1H3,(H,45,46);4-12,14-16,25-26,45H,3,13H2,1-2H3,(H,46,47);3-10,12-14,22,40H,11H2,1-2H3,(H,41,42)/t27-,31+;25-,26+;14-,22+/m001/s1. The fourth-order valence-corrected chi connectivity index (χ4v) is 15.9. The highest BCUT2D eigenvalue weighted by molar-refractivity contribution is 6.39. The minimum atomic E-state index is -4.83. The Morgan fingerprint density at radius 3 is 1.14 bits per heavy atom. The number of carbonyl (C=O) groups is 6. The van der Waals surface area contributed by atoms with Gasteiger partial charge in [-0.1, -0.05) is 139 Å². The molecule has 5 heterocycles. The number of carbonyl (C=O) groups excluding carboxylic acids is 6. The molecule has 0 radical (unpaired) electrons. The number of esters is 3. The second-order valence-electron chi connectivity index (χ2n) is 31.0. The summed E-state index contributed by atoms with van der Waals surface area (Å²) in [7, 11) is 3.04. The summed E-state index contributed by atoms with van der Waals surface area (Å²) in [5.74, 6) is -16.8. The maximum Gasteiger partial charge on any atom is 0.419 e. The average molecular weight is 2020 g/mol. The zero-order chi connectivity index (χ0) is 103. The molecule has 6 atom stereocenters. The van der Waals surface area contributed by atoms with E-state index in [2.05, 4.69) is 46.2 Å². The largest absolute Gasteiger partial charge is 0.467 e. The Balaban J connectivity index is 0.000000189. The first-order valence-electron chi connectivity index (χ1n) is 41.4. The predicted octanol–water partition coefficient (Wildman–Crippen LogP) is 23.3. The lowest BCUT2D eigenvalue weighted by Crippen LogP contribution is -2.43. The molecule has 5 aromatic heterocycles. The molecule has 0 spiro atoms. The van der Waals surface area contributed by atoms with Gasteiger partial charge in [-0.15, -0.1) is 0 Å². The van der Waals surface area contributed by atoms with E-state index in [1.165, 1.54) is 135 Å². The van der Waals surface area contributed by atoms with Crippen LogP contribution in [-0.2, 0) is 60.2 Å². The Morgan fingerprint density at radius 2 is 0.752 bits per heavy atom. The van der Waals surface area contributed by atoms with Crippen LogP contribution in [0.1, 0.15) is 90.8 Å². The number of halogens is 24. The number of amides is 3. The molecule has 0 saturated heterocycles. The van der Waals surface area contributed by atoms with Crippen LogP contribution >= 0.6 is 23.2 Å². The number of benzene rings is 9. The SMILES string of the molecule is CC[C@@H](Nc1cc(F)c(C(=O)N[C@@H](Cc2ccc(-c3ncc4ccccc4c3C(F)(F)F)c3ncccc23)C(=O)OC)c(F)c1)C(F)(F)F.COC(=O)[C@H](Cc1ccc(-c2c(Cl)cc(F)cc2Cl)c2ncccc12)NC(=O)c1c(F)cc(N[C@H](c2ccccc2)C(F)(F)F)cc1F.COC(=O)[C@H](Cc1ccc(-c2ncccc2C(F)(F)F)c2ncccc12)NC(=O)c1c(F)cc(N[C@H](C)C(F)(F)F)cc1F. The van der Waals surface area contributed by atoms with Crippen LogP contribution in [-0.4, -0.2) is 131 Å². The Morgan fingerprint density at radius 1 is 0.383 bits per heavy atom. The summed E-state index contributed by atoms with van der Waals surface area (Å²) in [6.45, 7) is 1.95. The zero-order valence-corrected chi connectivity index (χ0v) is 74.6. The molecule has 44 heteroatoms. The predicted molar refractivity (Wildman–Crippen MR) is 476 cm³/mol. The molecule has 14 aromatic rings. The first-order chi connectivity index (χ1) is 66.5. The van der Waals surface area contributed by atoms with Crippen LogP contribution in [0, 0.1) is 40.7 Å². The van der Waals surface area contributed by atoms with Crippen LogP contribution < -0.4 is 31.9 Å². The van der Waals surface area contributed by atoms with Crippen molar-refractivity contribution in [2.24, 2.45) is 0 Å². The van der Waals surface area contributed by atoms with E-state index in [-0.39, 0.29) is 84.6 Å². The van der Waals surface area contributed by atoms with Crippen molar-refractivity contribution in [1.29, 1.82) is 0 Å². The third-order valence-electron chi connectivity index (χ3n) is 21.8. The van der Waals surface area contributed by atoms with Crippen molar-refractivity contribution < 1.29 is 140 Å². The number of alkyl halides is 15. The van der Waals surface area contributed by atoms with E-state index < -0.39 is 195 Å². The number of ether oxygens (including phenoxy) is 3. The summed E-state index contributed by atoms with van der Waals surface area (Å²) in [5, 5.41) is 13.9. The third kappa shape index (κ3) is 24.5. The van der Waals surface area contributed by atoms with Crippen molar-refractivity contribution in [3.8, 4) is 33.6 Å². The maximum atomic E-state index is 15.2. The van der Waals surface area contributed by atoms with E-state index in [0.29, 0.717) is 80.5 Å². The number of methoxy groups -OCH3 is 3. The van der Waals surface area contributed by atoms with Crippen LogP contribution in [0.2, 0.25) is 10.0 Å². The molecule has 141 heavy (non-hydrogen) atoms. The average Bonchev–Trinajstić information content (AvgIpc) is 0.742. The fourth-order valence-electron chi connectivity index (χ4n) is 15.2. The van der Waals surface area contributed by atoms with Crippen molar-refractivity contribution in [2.75, 3.05) is 37.3 Å². The van der Waals surface area contributed by atoms with Gasteiger partial charge >= 0.3 is 48.8 Å². The van der Waals surface area contributed by atoms with Crippen LogP contribution in [0.3, 0.4) is 0 Å². The zero-order valence-electron chi connectivity index (χ0n) is 73.1. The van der Waals surface area contributed by atoms with Gasteiger partial charge in [0.15, 0.2) is 0 Å². The van der Waals surface area contributed by atoms with E-state index in [1.54, 1.807) is 30.3 Å². The van der Waals surface area contributed by atoms with Crippen LogP contribution in [0.15, 0.2) is 219 Å². The van der Waals surface area contributed by atoms with E-state index in [4.69, 9.17) is 37.4 Å². The first-order valence-corrected chi connectivity index (χ1v) is 42.2. The van der Waals surface area contributed by atoms with Gasteiger partial charge in [0.1, 0.15) is 93.7 Å². The number of aromatic nitrogens is 5. The third-order valence-corrected chi connectivity index (χ3v) is 22.4. The monoisotopic (exact) mass is 2020 g/mol. The second-order valence-corrected chi connectivity index (χ2v) is 31.8. The Kier molecular flexibility index (Phi) is 32.4. The number of pyridine rings is 5. The van der Waals surface area contributed by atoms with Gasteiger partial charge in [0.05, 0.1) is 70.4 Å². The Hall–Kier alpha value is -15.0. The molecule has 20 nitrogen and oxygen atoms in total. The molecular formula is C97H71Cl2F22N11O9. The summed E-state index contributed by atoms with van der Waals surface area (Å²) in [6, 6.07) is 26.7. The van der Waals surface area contributed by atoms with E-state index in [0.717, 1.165) is 52.5 Å². The van der Waals surface area contributed by atoms with E-state index >= 15 is 8.78 Å². The van der Waals surface area contributed by atoms with E-state index in [1.807, 2.05) is 10.6 Å². The molecule has 736 valence electrons. The Bertz CT molecular complexity index is 6990. The molecule has 0 unspecified atom stereocenters. The van der Waals surface area contributed by atoms with Crippen molar-refractivity contribution in [3.05, 3.63) is 320 Å². The van der Waals surface area contributed by atoms with E-state index in [9.17, 15) is 117 Å². The molecule has 14 rings (SSSR count). The lowest BCUT2D eigenvalue weighted by Gasteiger charge is -2.23. The summed E-state index contributed by atoms with van der Waals surface area (Å²) in [5.41, 5.74) is -5.68. The normalized spacial score (nSPS) is 13.1. The lowest BCUT2D eigenvalue weighted by atomic mass is 9.93. The fraction of sp³-hybridized carbons (Fsp3) is 0.206. The molecule has 0 fully saturated rings. The molecule has 9 aromatic carbocycles. The highest BCUT2D eigenvalue weighted by Gasteiger charge is 2.44. The molecule has 3 amide bonds. The molecule has 0 aliphatic heterocycles. The molecular weight excluding hydrogens is 1950 g/mol. The van der Waals surface area contributed by atoms with Crippen LogP contribution in [0.25, 0.3) is 77.1 Å². The number of rotatable bonds is 26. The number of nitrogens with zero attached hydrogens (tertiary/aromatic N) is 5. The second kappa shape index (κ2) is 43.6. The van der Waals surface area contributed by atoms with Crippen molar-refractivity contribution in [1.82, 2.24) is 40.9 Å². The van der Waals surface area contributed by atoms with Crippen molar-refractivity contribution >= 4 is 119 Å².